The number of ether oxygens (including phenoxy) is 1. The molecule has 1 aliphatic heterocycles. The average molecular weight is 391 g/mol. The monoisotopic (exact) mass is 391 g/mol. The van der Waals surface area contributed by atoms with E-state index in [-0.39, 0.29) is 23.5 Å². The molecular formula is C17H21N5O4S. The third-order valence-corrected chi connectivity index (χ3v) is 4.51. The van der Waals surface area contributed by atoms with Crippen LogP contribution in [0, 0.1) is 0 Å². The van der Waals surface area contributed by atoms with Crippen LogP contribution < -0.4 is 16.8 Å². The highest BCUT2D eigenvalue weighted by molar-refractivity contribution is 8.15. The Morgan fingerprint density at radius 2 is 2.00 bits per heavy atom. The lowest BCUT2D eigenvalue weighted by Crippen LogP contribution is -2.23. The molecule has 1 heterocycles. The van der Waals surface area contributed by atoms with Gasteiger partial charge in [0.15, 0.2) is 11.1 Å². The van der Waals surface area contributed by atoms with Crippen LogP contribution in [0.4, 0.5) is 5.69 Å². The number of unbranched alkanes of at least 4 members (excludes halogenated alkanes) is 1. The van der Waals surface area contributed by atoms with E-state index in [1.54, 1.807) is 24.3 Å². The quantitative estimate of drug-likeness (QED) is 0.274. The van der Waals surface area contributed by atoms with Gasteiger partial charge in [-0.25, -0.2) is 4.79 Å². The van der Waals surface area contributed by atoms with Crippen LogP contribution in [0.15, 0.2) is 34.3 Å². The van der Waals surface area contributed by atoms with E-state index < -0.39 is 17.1 Å². The van der Waals surface area contributed by atoms with Gasteiger partial charge in [-0.15, -0.1) is 0 Å². The molecule has 0 bridgehead atoms. The molecule has 2 amide bonds. The Labute approximate surface area is 160 Å². The summed E-state index contributed by atoms with van der Waals surface area (Å²) in [5.41, 5.74) is 11.4. The third-order valence-electron chi connectivity index (χ3n) is 3.46. The van der Waals surface area contributed by atoms with Crippen molar-refractivity contribution in [2.75, 3.05) is 11.9 Å². The number of aliphatic imine (C=N–C) groups is 2. The van der Waals surface area contributed by atoms with E-state index in [9.17, 15) is 14.4 Å². The number of nitrogens with two attached hydrogens (primary N) is 2. The number of nitrogens with zero attached hydrogens (tertiary/aromatic N) is 2. The van der Waals surface area contributed by atoms with Crippen molar-refractivity contribution in [2.24, 2.45) is 21.5 Å². The zero-order chi connectivity index (χ0) is 19.8. The number of carbonyl (C=O) groups is 3. The van der Waals surface area contributed by atoms with E-state index in [1.807, 2.05) is 6.92 Å². The lowest BCUT2D eigenvalue weighted by Gasteiger charge is -2.09. The van der Waals surface area contributed by atoms with Gasteiger partial charge in [0, 0.05) is 12.1 Å². The van der Waals surface area contributed by atoms with Gasteiger partial charge in [-0.3, -0.25) is 9.59 Å². The Bertz CT molecular complexity index is 772. The summed E-state index contributed by atoms with van der Waals surface area (Å²) in [6.45, 7) is 2.39. The normalized spacial score (nSPS) is 15.8. The van der Waals surface area contributed by atoms with E-state index in [4.69, 9.17) is 16.2 Å². The summed E-state index contributed by atoms with van der Waals surface area (Å²) in [4.78, 5) is 43.2. The highest BCUT2D eigenvalue weighted by Gasteiger charge is 2.30. The maximum atomic E-state index is 12.1. The highest BCUT2D eigenvalue weighted by atomic mass is 32.2. The molecule has 0 saturated carbocycles. The molecule has 0 aromatic heterocycles. The van der Waals surface area contributed by atoms with E-state index in [2.05, 4.69) is 15.3 Å². The van der Waals surface area contributed by atoms with Crippen LogP contribution in [-0.4, -0.2) is 40.8 Å². The zero-order valence-corrected chi connectivity index (χ0v) is 15.6. The molecular weight excluding hydrogens is 370 g/mol. The molecule has 0 radical (unpaired) electrons. The van der Waals surface area contributed by atoms with Gasteiger partial charge in [0.25, 0.3) is 5.91 Å². The number of amides is 2. The predicted octanol–water partition coefficient (Wildman–Crippen LogP) is 1.24. The fraction of sp³-hybridized carbons (Fsp3) is 0.353. The second-order valence-electron chi connectivity index (χ2n) is 5.69. The Kier molecular flexibility index (Phi) is 7.35. The Hall–Kier alpha value is -2.88. The van der Waals surface area contributed by atoms with Gasteiger partial charge < -0.3 is 21.5 Å². The second-order valence-corrected chi connectivity index (χ2v) is 6.86. The van der Waals surface area contributed by atoms with Gasteiger partial charge >= 0.3 is 5.97 Å². The molecule has 1 atom stereocenters. The summed E-state index contributed by atoms with van der Waals surface area (Å²) >= 11 is 1.03. The molecule has 9 nitrogen and oxygen atoms in total. The van der Waals surface area contributed by atoms with Gasteiger partial charge in [0.05, 0.1) is 12.2 Å². The summed E-state index contributed by atoms with van der Waals surface area (Å²) in [6.07, 6.45) is 1.68. The predicted molar refractivity (Wildman–Crippen MR) is 105 cm³/mol. The summed E-state index contributed by atoms with van der Waals surface area (Å²) in [6, 6.07) is 6.33. The first-order chi connectivity index (χ1) is 12.9. The fourth-order valence-corrected chi connectivity index (χ4v) is 3.07. The fourth-order valence-electron chi connectivity index (χ4n) is 2.12. The molecule has 27 heavy (non-hydrogen) atoms. The lowest BCUT2D eigenvalue weighted by atomic mass is 10.2. The number of esters is 1. The third kappa shape index (κ3) is 6.41. The molecule has 0 saturated heterocycles. The lowest BCUT2D eigenvalue weighted by molar-refractivity contribution is -0.121. The van der Waals surface area contributed by atoms with Crippen molar-refractivity contribution in [2.45, 2.75) is 31.4 Å². The number of anilines is 1. The molecule has 144 valence electrons. The first-order valence-electron chi connectivity index (χ1n) is 8.35. The summed E-state index contributed by atoms with van der Waals surface area (Å²) in [7, 11) is 0. The standard InChI is InChI=1S/C17H21N5O4S/c1-2-3-8-26-15(25)10-4-6-11(7-5-10)20-13(23)9-12-14(24)21-17(27-12)22-16(18)19/h4-7,12H,2-3,8-9H2,1H3,(H,20,23)(H4,18,19,21,22,24)/t12-/m1/s1. The van der Waals surface area contributed by atoms with Crippen LogP contribution in [0.25, 0.3) is 0 Å². The van der Waals surface area contributed by atoms with Crippen molar-refractivity contribution < 1.29 is 19.1 Å². The number of amidine groups is 1. The van der Waals surface area contributed by atoms with Crippen LogP contribution in [0.1, 0.15) is 36.5 Å². The van der Waals surface area contributed by atoms with Gasteiger partial charge in [-0.05, 0) is 30.7 Å². The minimum absolute atomic E-state index is 0.0721. The Balaban J connectivity index is 1.85. The van der Waals surface area contributed by atoms with Gasteiger partial charge in [-0.1, -0.05) is 25.1 Å². The Morgan fingerprint density at radius 1 is 1.30 bits per heavy atom. The summed E-state index contributed by atoms with van der Waals surface area (Å²) in [5.74, 6) is -1.42. The van der Waals surface area contributed by atoms with Crippen LogP contribution in [-0.2, 0) is 14.3 Å². The van der Waals surface area contributed by atoms with Crippen molar-refractivity contribution in [1.82, 2.24) is 0 Å². The number of benzene rings is 1. The topological polar surface area (TPSA) is 149 Å². The molecule has 10 heteroatoms. The molecule has 0 unspecified atom stereocenters. The van der Waals surface area contributed by atoms with Crippen molar-refractivity contribution in [3.05, 3.63) is 29.8 Å². The van der Waals surface area contributed by atoms with E-state index >= 15 is 0 Å². The van der Waals surface area contributed by atoms with Crippen LogP contribution >= 0.6 is 11.8 Å². The molecule has 0 aliphatic carbocycles. The largest absolute Gasteiger partial charge is 0.462 e. The van der Waals surface area contributed by atoms with Crippen molar-refractivity contribution >= 4 is 46.4 Å². The molecule has 0 fully saturated rings. The molecule has 1 aromatic rings. The average Bonchev–Trinajstić information content (AvgIpc) is 2.93. The summed E-state index contributed by atoms with van der Waals surface area (Å²) < 4.78 is 5.12. The maximum absolute atomic E-state index is 12.1. The summed E-state index contributed by atoms with van der Waals surface area (Å²) in [5, 5.41) is 2.14. The van der Waals surface area contributed by atoms with Gasteiger partial charge in [-0.2, -0.15) is 9.98 Å². The van der Waals surface area contributed by atoms with Crippen molar-refractivity contribution in [1.29, 1.82) is 0 Å². The Morgan fingerprint density at radius 3 is 2.63 bits per heavy atom. The smallest absolute Gasteiger partial charge is 0.338 e. The first-order valence-corrected chi connectivity index (χ1v) is 9.23. The number of thioether (sulfide) groups is 1. The molecule has 2 rings (SSSR count). The molecule has 0 spiro atoms. The highest BCUT2D eigenvalue weighted by Crippen LogP contribution is 2.26. The van der Waals surface area contributed by atoms with Crippen LogP contribution in [0.5, 0.6) is 0 Å². The van der Waals surface area contributed by atoms with E-state index in [1.165, 1.54) is 0 Å². The number of guanidine groups is 1. The minimum atomic E-state index is -0.670. The zero-order valence-electron chi connectivity index (χ0n) is 14.8. The first kappa shape index (κ1) is 20.4. The number of hydrogen-bond acceptors (Lipinski definition) is 6. The maximum Gasteiger partial charge on any atom is 0.338 e. The number of hydrogen-bond donors (Lipinski definition) is 3. The SMILES string of the molecule is CCCCOC(=O)c1ccc(NC(=O)C[C@H]2SC(N=C(N)N)=NC2=O)cc1. The van der Waals surface area contributed by atoms with Crippen molar-refractivity contribution in [3.8, 4) is 0 Å². The van der Waals surface area contributed by atoms with Crippen LogP contribution in [0.2, 0.25) is 0 Å². The second kappa shape index (κ2) is 9.72. The number of nitrogens with one attached hydrogen (secondary N) is 1. The number of rotatable bonds is 7. The van der Waals surface area contributed by atoms with Crippen LogP contribution in [0.3, 0.4) is 0 Å². The van der Waals surface area contributed by atoms with Crippen molar-refractivity contribution in [3.63, 3.8) is 0 Å². The van der Waals surface area contributed by atoms with Gasteiger partial charge in [0.2, 0.25) is 5.91 Å². The molecule has 5 N–H and O–H groups in total. The number of carbonyl (C=O) groups excluding carboxylic acids is 3. The molecule has 1 aliphatic rings. The van der Waals surface area contributed by atoms with E-state index in [0.29, 0.717) is 17.9 Å². The minimum Gasteiger partial charge on any atom is -0.462 e. The van der Waals surface area contributed by atoms with E-state index in [0.717, 1.165) is 24.6 Å². The van der Waals surface area contributed by atoms with Gasteiger partial charge in [0.1, 0.15) is 5.25 Å². The molecule has 1 aromatic carbocycles.